The van der Waals surface area contributed by atoms with Gasteiger partial charge in [-0.1, -0.05) is 12.1 Å². The number of aromatic nitrogens is 3. The summed E-state index contributed by atoms with van der Waals surface area (Å²) in [6.07, 6.45) is 6.94. The second-order valence-corrected chi connectivity index (χ2v) is 8.02. The maximum atomic E-state index is 12.1. The normalized spacial score (nSPS) is 23.1. The Morgan fingerprint density at radius 2 is 2.26 bits per heavy atom. The molecule has 0 aromatic carbocycles. The number of aromatic amines is 1. The number of carbonyl (C=O) groups excluding carboxylic acids is 2. The molecule has 2 atom stereocenters. The van der Waals surface area contributed by atoms with Gasteiger partial charge in [0, 0.05) is 23.7 Å². The van der Waals surface area contributed by atoms with Crippen LogP contribution in [-0.2, 0) is 20.7 Å². The minimum Gasteiger partial charge on any atom is -0.462 e. The highest BCUT2D eigenvalue weighted by atomic mass is 16.5. The smallest absolute Gasteiger partial charge is 0.306 e. The molecule has 2 aromatic rings. The molecule has 4 rings (SSSR count). The Morgan fingerprint density at radius 1 is 1.41 bits per heavy atom. The number of carbonyl (C=O) groups is 2. The lowest BCUT2D eigenvalue weighted by Gasteiger charge is -2.14. The summed E-state index contributed by atoms with van der Waals surface area (Å²) >= 11 is 0. The van der Waals surface area contributed by atoms with E-state index >= 15 is 0 Å². The molecule has 0 unspecified atom stereocenters. The van der Waals surface area contributed by atoms with Crippen molar-refractivity contribution in [2.24, 2.45) is 5.41 Å². The summed E-state index contributed by atoms with van der Waals surface area (Å²) in [4.78, 5) is 24.0. The summed E-state index contributed by atoms with van der Waals surface area (Å²) in [5.41, 5.74) is 1.13. The predicted octanol–water partition coefficient (Wildman–Crippen LogP) is 2.95. The Morgan fingerprint density at radius 3 is 3.00 bits per heavy atom. The molecule has 2 saturated carbocycles. The number of hydrogen-bond donors (Lipinski definition) is 2. The second-order valence-electron chi connectivity index (χ2n) is 8.02. The van der Waals surface area contributed by atoms with E-state index in [9.17, 15) is 9.59 Å². The average molecular weight is 372 g/mol. The number of esters is 1. The molecule has 0 bridgehead atoms. The Hall–Kier alpha value is -2.64. The number of ether oxygens (including phenoxy) is 1. The van der Waals surface area contributed by atoms with Crippen molar-refractivity contribution in [1.82, 2.24) is 15.4 Å². The van der Waals surface area contributed by atoms with Gasteiger partial charge in [0.1, 0.15) is 11.9 Å². The van der Waals surface area contributed by atoms with Crippen LogP contribution >= 0.6 is 0 Å². The van der Waals surface area contributed by atoms with Crippen LogP contribution in [0.4, 0.5) is 5.82 Å². The number of anilines is 1. The molecular weight excluding hydrogens is 348 g/mol. The van der Waals surface area contributed by atoms with E-state index in [1.54, 1.807) is 6.07 Å². The van der Waals surface area contributed by atoms with E-state index in [4.69, 9.17) is 9.26 Å². The molecule has 2 aliphatic carbocycles. The lowest BCUT2D eigenvalue weighted by atomic mass is 10.0. The molecule has 1 amide bonds. The lowest BCUT2D eigenvalue weighted by Crippen LogP contribution is -2.17. The van der Waals surface area contributed by atoms with Gasteiger partial charge in [0.15, 0.2) is 5.82 Å². The first kappa shape index (κ1) is 17.8. The molecule has 2 aliphatic rings. The zero-order chi connectivity index (χ0) is 18.9. The summed E-state index contributed by atoms with van der Waals surface area (Å²) in [6.45, 7) is 2.13. The van der Waals surface area contributed by atoms with Crippen LogP contribution in [-0.4, -0.2) is 33.3 Å². The SMILES string of the molecule is CC1(CC(=O)O[C@@H]2CC[C@H](c3cc(NC(=O)Cc4ccno4)n[nH]3)C2)CC1. The van der Waals surface area contributed by atoms with Crippen molar-refractivity contribution in [3.05, 3.63) is 29.8 Å². The molecule has 2 heterocycles. The Labute approximate surface area is 157 Å². The van der Waals surface area contributed by atoms with E-state index in [1.807, 2.05) is 6.07 Å². The minimum absolute atomic E-state index is 0.0300. The summed E-state index contributed by atoms with van der Waals surface area (Å²) < 4.78 is 10.6. The monoisotopic (exact) mass is 372 g/mol. The van der Waals surface area contributed by atoms with Gasteiger partial charge in [-0.25, -0.2) is 0 Å². The van der Waals surface area contributed by atoms with Crippen molar-refractivity contribution in [3.8, 4) is 0 Å². The quantitative estimate of drug-likeness (QED) is 0.723. The average Bonchev–Trinajstić information content (AvgIpc) is 3.10. The first-order valence-electron chi connectivity index (χ1n) is 9.43. The number of amides is 1. The minimum atomic E-state index is -0.211. The summed E-state index contributed by atoms with van der Waals surface area (Å²) in [5.74, 6) is 0.953. The van der Waals surface area contributed by atoms with Crippen LogP contribution in [0.25, 0.3) is 0 Å². The number of nitrogens with zero attached hydrogens (tertiary/aromatic N) is 2. The fourth-order valence-electron chi connectivity index (χ4n) is 3.58. The largest absolute Gasteiger partial charge is 0.462 e. The van der Waals surface area contributed by atoms with Gasteiger partial charge in [0.2, 0.25) is 5.91 Å². The third-order valence-corrected chi connectivity index (χ3v) is 5.49. The molecule has 0 saturated heterocycles. The molecular formula is C19H24N4O4. The molecule has 27 heavy (non-hydrogen) atoms. The second kappa shape index (κ2) is 7.17. The molecule has 0 spiro atoms. The standard InChI is InChI=1S/C19H24N4O4/c1-19(5-6-19)11-18(25)26-13-3-2-12(8-13)15-10-16(23-22-15)21-17(24)9-14-4-7-20-27-14/h4,7,10,12-13H,2-3,5-6,8-9,11H2,1H3,(H2,21,22,23,24)/t12-,13+/m0/s1. The zero-order valence-corrected chi connectivity index (χ0v) is 15.4. The van der Waals surface area contributed by atoms with Gasteiger partial charge in [0.05, 0.1) is 19.0 Å². The summed E-state index contributed by atoms with van der Waals surface area (Å²) in [5, 5.41) is 13.5. The van der Waals surface area contributed by atoms with Crippen LogP contribution in [0.1, 0.15) is 62.8 Å². The molecule has 144 valence electrons. The molecule has 2 fully saturated rings. The molecule has 2 aromatic heterocycles. The van der Waals surface area contributed by atoms with Crippen molar-refractivity contribution in [3.63, 3.8) is 0 Å². The third kappa shape index (κ3) is 4.56. The predicted molar refractivity (Wildman–Crippen MR) is 95.9 cm³/mol. The summed E-state index contributed by atoms with van der Waals surface area (Å²) in [6, 6.07) is 3.50. The van der Waals surface area contributed by atoms with Crippen LogP contribution in [0.5, 0.6) is 0 Å². The van der Waals surface area contributed by atoms with Crippen molar-refractivity contribution >= 4 is 17.7 Å². The third-order valence-electron chi connectivity index (χ3n) is 5.49. The fraction of sp³-hybridized carbons (Fsp3) is 0.579. The highest BCUT2D eigenvalue weighted by molar-refractivity contribution is 5.91. The van der Waals surface area contributed by atoms with Gasteiger partial charge >= 0.3 is 5.97 Å². The van der Waals surface area contributed by atoms with E-state index < -0.39 is 0 Å². The fourth-order valence-corrected chi connectivity index (χ4v) is 3.58. The zero-order valence-electron chi connectivity index (χ0n) is 15.4. The van der Waals surface area contributed by atoms with Crippen molar-refractivity contribution in [2.75, 3.05) is 5.32 Å². The van der Waals surface area contributed by atoms with Gasteiger partial charge in [0.25, 0.3) is 0 Å². The first-order valence-corrected chi connectivity index (χ1v) is 9.43. The van der Waals surface area contributed by atoms with Gasteiger partial charge in [-0.3, -0.25) is 14.7 Å². The van der Waals surface area contributed by atoms with Crippen molar-refractivity contribution in [2.45, 2.75) is 63.9 Å². The van der Waals surface area contributed by atoms with Crippen LogP contribution in [0, 0.1) is 5.41 Å². The molecule has 8 heteroatoms. The topological polar surface area (TPSA) is 110 Å². The molecule has 2 N–H and O–H groups in total. The van der Waals surface area contributed by atoms with Gasteiger partial charge in [-0.15, -0.1) is 0 Å². The Kier molecular flexibility index (Phi) is 4.72. The summed E-state index contributed by atoms with van der Waals surface area (Å²) in [7, 11) is 0. The molecule has 0 radical (unpaired) electrons. The van der Waals surface area contributed by atoms with Crippen LogP contribution in [0.2, 0.25) is 0 Å². The molecule has 0 aliphatic heterocycles. The highest BCUT2D eigenvalue weighted by Gasteiger charge is 2.40. The van der Waals surface area contributed by atoms with Gasteiger partial charge in [-0.2, -0.15) is 5.10 Å². The maximum absolute atomic E-state index is 12.1. The van der Waals surface area contributed by atoms with Crippen LogP contribution in [0.3, 0.4) is 0 Å². The number of hydrogen-bond acceptors (Lipinski definition) is 6. The Balaban J connectivity index is 1.26. The maximum Gasteiger partial charge on any atom is 0.306 e. The Bertz CT molecular complexity index is 810. The van der Waals surface area contributed by atoms with Crippen LogP contribution < -0.4 is 5.32 Å². The first-order chi connectivity index (χ1) is 13.0. The van der Waals surface area contributed by atoms with Gasteiger partial charge < -0.3 is 14.6 Å². The van der Waals surface area contributed by atoms with Crippen molar-refractivity contribution < 1.29 is 18.8 Å². The number of H-pyrrole nitrogens is 1. The van der Waals surface area contributed by atoms with E-state index in [1.165, 1.54) is 6.20 Å². The van der Waals surface area contributed by atoms with Crippen molar-refractivity contribution in [1.29, 1.82) is 0 Å². The number of nitrogens with one attached hydrogen (secondary N) is 2. The highest BCUT2D eigenvalue weighted by Crippen LogP contribution is 2.48. The molecule has 8 nitrogen and oxygen atoms in total. The van der Waals surface area contributed by atoms with Crippen LogP contribution in [0.15, 0.2) is 22.9 Å². The van der Waals surface area contributed by atoms with E-state index in [2.05, 4.69) is 27.6 Å². The van der Waals surface area contributed by atoms with E-state index in [0.29, 0.717) is 18.0 Å². The van der Waals surface area contributed by atoms with Gasteiger partial charge in [-0.05, 0) is 37.5 Å². The lowest BCUT2D eigenvalue weighted by molar-refractivity contribution is -0.150. The van der Waals surface area contributed by atoms with E-state index in [0.717, 1.165) is 37.8 Å². The van der Waals surface area contributed by atoms with E-state index in [-0.39, 0.29) is 35.7 Å². The number of rotatable bonds is 7.